The van der Waals surface area contributed by atoms with Gasteiger partial charge in [-0.15, -0.1) is 0 Å². The van der Waals surface area contributed by atoms with Crippen molar-refractivity contribution in [2.45, 2.75) is 25.9 Å². The molecule has 1 atom stereocenters. The van der Waals surface area contributed by atoms with E-state index in [9.17, 15) is 14.7 Å². The third-order valence-electron chi connectivity index (χ3n) is 2.83. The summed E-state index contributed by atoms with van der Waals surface area (Å²) in [4.78, 5) is 21.3. The highest BCUT2D eigenvalue weighted by atomic mass is 16.3. The molecule has 1 unspecified atom stereocenters. The molecular formula is C18H20O3. The van der Waals surface area contributed by atoms with Crippen LogP contribution in [0.2, 0.25) is 0 Å². The van der Waals surface area contributed by atoms with Crippen molar-refractivity contribution in [3.05, 3.63) is 71.8 Å². The number of Topliss-reactive ketones (excluding diaryl/α,β-unsaturated/α-hetero) is 1. The molecule has 0 aliphatic rings. The second kappa shape index (κ2) is 9.61. The first-order valence-corrected chi connectivity index (χ1v) is 6.96. The summed E-state index contributed by atoms with van der Waals surface area (Å²) >= 11 is 0. The maximum atomic E-state index is 11.9. The number of aldehydes is 1. The molecule has 2 rings (SSSR count). The van der Waals surface area contributed by atoms with Gasteiger partial charge in [-0.25, -0.2) is 0 Å². The van der Waals surface area contributed by atoms with Gasteiger partial charge in [-0.05, 0) is 12.0 Å². The molecule has 0 saturated heterocycles. The Kier molecular flexibility index (Phi) is 7.69. The Hall–Kier alpha value is -2.26. The standard InChI is InChI=1S/C14H12O2.C4H8O/c15-13(11-7-3-1-4-8-11)14(16)12-9-5-2-6-10-12;1-2-3-4-5/h1-10,13,15H;4H,2-3H2,1H3. The summed E-state index contributed by atoms with van der Waals surface area (Å²) in [6.07, 6.45) is 1.53. The fourth-order valence-electron chi connectivity index (χ4n) is 1.66. The number of aliphatic hydroxyl groups is 1. The molecule has 1 N–H and O–H groups in total. The summed E-state index contributed by atoms with van der Waals surface area (Å²) < 4.78 is 0. The zero-order chi connectivity index (χ0) is 15.5. The summed E-state index contributed by atoms with van der Waals surface area (Å²) in [7, 11) is 0. The quantitative estimate of drug-likeness (QED) is 0.674. The Balaban J connectivity index is 0.000000383. The molecule has 2 aromatic rings. The van der Waals surface area contributed by atoms with Gasteiger partial charge in [0.2, 0.25) is 0 Å². The molecule has 2 aromatic carbocycles. The van der Waals surface area contributed by atoms with Crippen LogP contribution in [-0.2, 0) is 4.79 Å². The van der Waals surface area contributed by atoms with Crippen molar-refractivity contribution in [2.75, 3.05) is 0 Å². The smallest absolute Gasteiger partial charge is 0.195 e. The number of rotatable bonds is 5. The van der Waals surface area contributed by atoms with Crippen molar-refractivity contribution >= 4 is 12.1 Å². The molecule has 0 aliphatic carbocycles. The predicted octanol–water partition coefficient (Wildman–Crippen LogP) is 3.59. The van der Waals surface area contributed by atoms with Crippen LogP contribution in [0.4, 0.5) is 0 Å². The van der Waals surface area contributed by atoms with Gasteiger partial charge in [-0.3, -0.25) is 4.79 Å². The van der Waals surface area contributed by atoms with Gasteiger partial charge < -0.3 is 9.90 Å². The minimum Gasteiger partial charge on any atom is -0.380 e. The first kappa shape index (κ1) is 16.8. The third kappa shape index (κ3) is 5.71. The third-order valence-corrected chi connectivity index (χ3v) is 2.83. The summed E-state index contributed by atoms with van der Waals surface area (Å²) in [5.41, 5.74) is 1.15. The van der Waals surface area contributed by atoms with Crippen LogP contribution in [-0.4, -0.2) is 17.2 Å². The number of ketones is 1. The van der Waals surface area contributed by atoms with E-state index in [1.807, 2.05) is 19.1 Å². The van der Waals surface area contributed by atoms with Crippen molar-refractivity contribution in [1.82, 2.24) is 0 Å². The Morgan fingerprint density at radius 3 is 2.00 bits per heavy atom. The fraction of sp³-hybridized carbons (Fsp3) is 0.222. The van der Waals surface area contributed by atoms with Crippen molar-refractivity contribution < 1.29 is 14.7 Å². The van der Waals surface area contributed by atoms with Gasteiger partial charge in [0.15, 0.2) is 5.78 Å². The van der Waals surface area contributed by atoms with Crippen LogP contribution in [0.15, 0.2) is 60.7 Å². The maximum absolute atomic E-state index is 11.9. The van der Waals surface area contributed by atoms with Gasteiger partial charge in [0.1, 0.15) is 12.4 Å². The number of benzene rings is 2. The van der Waals surface area contributed by atoms with E-state index in [1.165, 1.54) is 0 Å². The Labute approximate surface area is 125 Å². The van der Waals surface area contributed by atoms with E-state index >= 15 is 0 Å². The zero-order valence-electron chi connectivity index (χ0n) is 12.1. The highest BCUT2D eigenvalue weighted by Gasteiger charge is 2.18. The molecule has 0 heterocycles. The van der Waals surface area contributed by atoms with Gasteiger partial charge >= 0.3 is 0 Å². The summed E-state index contributed by atoms with van der Waals surface area (Å²) in [6, 6.07) is 17.7. The highest BCUT2D eigenvalue weighted by molar-refractivity contribution is 5.99. The maximum Gasteiger partial charge on any atom is 0.195 e. The first-order valence-electron chi connectivity index (χ1n) is 6.96. The SMILES string of the molecule is CCCC=O.O=C(c1ccccc1)C(O)c1ccccc1. The molecule has 0 radical (unpaired) electrons. The van der Waals surface area contributed by atoms with E-state index < -0.39 is 6.10 Å². The van der Waals surface area contributed by atoms with Crippen LogP contribution in [0.5, 0.6) is 0 Å². The minimum absolute atomic E-state index is 0.271. The van der Waals surface area contributed by atoms with Gasteiger partial charge in [0, 0.05) is 12.0 Å². The molecule has 0 amide bonds. The first-order chi connectivity index (χ1) is 10.2. The van der Waals surface area contributed by atoms with Crippen LogP contribution in [0.3, 0.4) is 0 Å². The second-order valence-corrected chi connectivity index (χ2v) is 4.50. The number of hydrogen-bond acceptors (Lipinski definition) is 3. The van der Waals surface area contributed by atoms with Crippen LogP contribution in [0, 0.1) is 0 Å². The zero-order valence-corrected chi connectivity index (χ0v) is 12.1. The van der Waals surface area contributed by atoms with E-state index in [2.05, 4.69) is 0 Å². The number of unbranched alkanes of at least 4 members (excludes halogenated alkanes) is 1. The van der Waals surface area contributed by atoms with Gasteiger partial charge in [0.05, 0.1) is 0 Å². The van der Waals surface area contributed by atoms with Crippen molar-refractivity contribution in [3.8, 4) is 0 Å². The number of aliphatic hydroxyl groups excluding tert-OH is 1. The molecule has 0 aromatic heterocycles. The lowest BCUT2D eigenvalue weighted by Gasteiger charge is -2.09. The Morgan fingerprint density at radius 2 is 1.57 bits per heavy atom. The van der Waals surface area contributed by atoms with Crippen LogP contribution in [0.25, 0.3) is 0 Å². The lowest BCUT2D eigenvalue weighted by Crippen LogP contribution is -2.11. The molecule has 3 nitrogen and oxygen atoms in total. The van der Waals surface area contributed by atoms with Gasteiger partial charge in [-0.2, -0.15) is 0 Å². The molecule has 0 bridgehead atoms. The Bertz CT molecular complexity index is 535. The number of hydrogen-bond donors (Lipinski definition) is 1. The van der Waals surface area contributed by atoms with E-state index in [4.69, 9.17) is 0 Å². The van der Waals surface area contributed by atoms with Crippen molar-refractivity contribution in [1.29, 1.82) is 0 Å². The molecule has 0 fully saturated rings. The topological polar surface area (TPSA) is 54.4 Å². The van der Waals surface area contributed by atoms with Crippen molar-refractivity contribution in [2.24, 2.45) is 0 Å². The second-order valence-electron chi connectivity index (χ2n) is 4.50. The van der Waals surface area contributed by atoms with Crippen LogP contribution in [0.1, 0.15) is 41.8 Å². The molecule has 21 heavy (non-hydrogen) atoms. The summed E-state index contributed by atoms with van der Waals surface area (Å²) in [5, 5.41) is 9.89. The minimum atomic E-state index is -1.08. The molecule has 3 heteroatoms. The largest absolute Gasteiger partial charge is 0.380 e. The fourth-order valence-corrected chi connectivity index (χ4v) is 1.66. The average molecular weight is 284 g/mol. The molecule has 0 spiro atoms. The Morgan fingerprint density at radius 1 is 1.05 bits per heavy atom. The van der Waals surface area contributed by atoms with Crippen LogP contribution < -0.4 is 0 Å². The summed E-state index contributed by atoms with van der Waals surface area (Å²) in [6.45, 7) is 1.98. The lowest BCUT2D eigenvalue weighted by atomic mass is 10.0. The van der Waals surface area contributed by atoms with E-state index in [1.54, 1.807) is 48.5 Å². The number of carbonyl (C=O) groups is 2. The molecule has 110 valence electrons. The monoisotopic (exact) mass is 284 g/mol. The molecule has 0 aliphatic heterocycles. The van der Waals surface area contributed by atoms with Crippen LogP contribution >= 0.6 is 0 Å². The van der Waals surface area contributed by atoms with Gasteiger partial charge in [0.25, 0.3) is 0 Å². The molecule has 0 saturated carbocycles. The predicted molar refractivity (Wildman–Crippen MR) is 83.1 cm³/mol. The average Bonchev–Trinajstić information content (AvgIpc) is 2.56. The molecular weight excluding hydrogens is 264 g/mol. The van der Waals surface area contributed by atoms with E-state index in [0.717, 1.165) is 12.7 Å². The van der Waals surface area contributed by atoms with E-state index in [0.29, 0.717) is 17.5 Å². The van der Waals surface area contributed by atoms with Crippen molar-refractivity contribution in [3.63, 3.8) is 0 Å². The van der Waals surface area contributed by atoms with Gasteiger partial charge in [-0.1, -0.05) is 67.6 Å². The normalized spacial score (nSPS) is 11.0. The number of carbonyl (C=O) groups excluding carboxylic acids is 2. The lowest BCUT2D eigenvalue weighted by molar-refractivity contribution is -0.107. The van der Waals surface area contributed by atoms with E-state index in [-0.39, 0.29) is 5.78 Å². The highest BCUT2D eigenvalue weighted by Crippen LogP contribution is 2.17. The summed E-state index contributed by atoms with van der Waals surface area (Å²) in [5.74, 6) is -0.271.